The number of amides is 1. The fourth-order valence-corrected chi connectivity index (χ4v) is 3.92. The van der Waals surface area contributed by atoms with Gasteiger partial charge in [-0.2, -0.15) is 0 Å². The van der Waals surface area contributed by atoms with E-state index < -0.39 is 16.1 Å². The van der Waals surface area contributed by atoms with Crippen LogP contribution in [0.15, 0.2) is 18.3 Å². The van der Waals surface area contributed by atoms with E-state index in [2.05, 4.69) is 19.9 Å². The zero-order chi connectivity index (χ0) is 18.3. The molecule has 140 valence electrons. The van der Waals surface area contributed by atoms with Crippen molar-refractivity contribution in [2.24, 2.45) is 0 Å². The van der Waals surface area contributed by atoms with Gasteiger partial charge in [0.25, 0.3) is 0 Å². The number of nitrogens with zero attached hydrogens (tertiary/aromatic N) is 2. The van der Waals surface area contributed by atoms with Crippen molar-refractivity contribution in [2.75, 3.05) is 37.0 Å². The molecule has 1 aliphatic rings. The van der Waals surface area contributed by atoms with Crippen LogP contribution in [0.5, 0.6) is 0 Å². The van der Waals surface area contributed by atoms with Gasteiger partial charge in [-0.25, -0.2) is 18.1 Å². The summed E-state index contributed by atoms with van der Waals surface area (Å²) in [5.74, 6) is 0.468. The Kier molecular flexibility index (Phi) is 7.15. The number of hydrogen-bond donors (Lipinski definition) is 2. The van der Waals surface area contributed by atoms with E-state index in [0.717, 1.165) is 24.5 Å². The summed E-state index contributed by atoms with van der Waals surface area (Å²) in [5, 5.41) is 2.78. The third-order valence-electron chi connectivity index (χ3n) is 3.85. The molecule has 0 radical (unpaired) electrons. The van der Waals surface area contributed by atoms with Gasteiger partial charge in [0.2, 0.25) is 15.9 Å². The molecule has 1 aromatic rings. The Balaban J connectivity index is 1.95. The highest BCUT2D eigenvalue weighted by molar-refractivity contribution is 7.89. The zero-order valence-corrected chi connectivity index (χ0v) is 15.5. The lowest BCUT2D eigenvalue weighted by atomic mass is 10.2. The number of aromatic nitrogens is 1. The number of ether oxygens (including phenoxy) is 1. The standard InChI is InChI=1S/C16H26N4O4S/c1-3-11-25(22,23)19-13(2)16(21)18-12-14-5-4-6-17-15(14)20-7-9-24-10-8-20/h4-6,13,19H,3,7-12H2,1-2H3,(H,18,21). The maximum atomic E-state index is 12.2. The molecule has 1 unspecified atom stereocenters. The lowest BCUT2D eigenvalue weighted by Gasteiger charge is -2.29. The number of morpholine rings is 1. The van der Waals surface area contributed by atoms with Crippen LogP contribution in [-0.4, -0.2) is 57.4 Å². The third kappa shape index (κ3) is 5.94. The van der Waals surface area contributed by atoms with E-state index in [1.165, 1.54) is 6.92 Å². The SMILES string of the molecule is CCCS(=O)(=O)NC(C)C(=O)NCc1cccnc1N1CCOCC1. The van der Waals surface area contributed by atoms with Crippen molar-refractivity contribution >= 4 is 21.7 Å². The summed E-state index contributed by atoms with van der Waals surface area (Å²) < 4.78 is 31.3. The number of sulfonamides is 1. The smallest absolute Gasteiger partial charge is 0.238 e. The van der Waals surface area contributed by atoms with E-state index in [1.807, 2.05) is 12.1 Å². The van der Waals surface area contributed by atoms with Gasteiger partial charge >= 0.3 is 0 Å². The normalized spacial score (nSPS) is 16.5. The second-order valence-corrected chi connectivity index (χ2v) is 7.84. The van der Waals surface area contributed by atoms with Crippen LogP contribution in [0, 0.1) is 0 Å². The van der Waals surface area contributed by atoms with Crippen molar-refractivity contribution in [3.63, 3.8) is 0 Å². The predicted molar refractivity (Wildman–Crippen MR) is 95.8 cm³/mol. The van der Waals surface area contributed by atoms with Crippen molar-refractivity contribution in [2.45, 2.75) is 32.9 Å². The molecule has 1 atom stereocenters. The van der Waals surface area contributed by atoms with Crippen LogP contribution in [0.4, 0.5) is 5.82 Å². The lowest BCUT2D eigenvalue weighted by Crippen LogP contribution is -2.45. The number of pyridine rings is 1. The van der Waals surface area contributed by atoms with Crippen molar-refractivity contribution in [1.82, 2.24) is 15.0 Å². The molecule has 0 aromatic carbocycles. The number of rotatable bonds is 8. The Labute approximate surface area is 149 Å². The topological polar surface area (TPSA) is 101 Å². The van der Waals surface area contributed by atoms with E-state index in [0.29, 0.717) is 26.2 Å². The summed E-state index contributed by atoms with van der Waals surface area (Å²) in [7, 11) is -3.43. The Morgan fingerprint density at radius 2 is 2.12 bits per heavy atom. The van der Waals surface area contributed by atoms with Gasteiger partial charge in [0, 0.05) is 31.4 Å². The van der Waals surface area contributed by atoms with E-state index in [-0.39, 0.29) is 11.7 Å². The molecule has 1 aromatic heterocycles. The van der Waals surface area contributed by atoms with Crippen LogP contribution in [0.25, 0.3) is 0 Å². The predicted octanol–water partition coefficient (Wildman–Crippen LogP) is 0.252. The first-order valence-electron chi connectivity index (χ1n) is 8.47. The Bertz CT molecular complexity index is 674. The summed E-state index contributed by atoms with van der Waals surface area (Å²) in [6.07, 6.45) is 2.22. The summed E-state index contributed by atoms with van der Waals surface area (Å²) in [6, 6.07) is 2.91. The molecular weight excluding hydrogens is 344 g/mol. The fourth-order valence-electron chi connectivity index (χ4n) is 2.61. The molecule has 1 saturated heterocycles. The minimum atomic E-state index is -3.43. The lowest BCUT2D eigenvalue weighted by molar-refractivity contribution is -0.122. The molecule has 8 nitrogen and oxygen atoms in total. The summed E-state index contributed by atoms with van der Waals surface area (Å²) >= 11 is 0. The van der Waals surface area contributed by atoms with Gasteiger partial charge in [0.1, 0.15) is 5.82 Å². The van der Waals surface area contributed by atoms with Crippen LogP contribution in [0.2, 0.25) is 0 Å². The van der Waals surface area contributed by atoms with Gasteiger partial charge in [-0.3, -0.25) is 4.79 Å². The van der Waals surface area contributed by atoms with Crippen LogP contribution in [-0.2, 0) is 26.1 Å². The minimum Gasteiger partial charge on any atom is -0.378 e. The second-order valence-electron chi connectivity index (χ2n) is 5.96. The quantitative estimate of drug-likeness (QED) is 0.680. The molecule has 2 rings (SSSR count). The Hall–Kier alpha value is -1.71. The van der Waals surface area contributed by atoms with Gasteiger partial charge in [-0.05, 0) is 19.4 Å². The maximum absolute atomic E-state index is 12.2. The Morgan fingerprint density at radius 3 is 2.80 bits per heavy atom. The number of anilines is 1. The molecule has 0 bridgehead atoms. The van der Waals surface area contributed by atoms with Crippen LogP contribution in [0.3, 0.4) is 0 Å². The summed E-state index contributed by atoms with van der Waals surface area (Å²) in [6.45, 7) is 6.42. The average Bonchev–Trinajstić information content (AvgIpc) is 2.60. The van der Waals surface area contributed by atoms with Crippen LogP contribution >= 0.6 is 0 Å². The highest BCUT2D eigenvalue weighted by Crippen LogP contribution is 2.18. The molecule has 2 heterocycles. The molecule has 9 heteroatoms. The molecule has 2 N–H and O–H groups in total. The van der Waals surface area contributed by atoms with Crippen LogP contribution in [0.1, 0.15) is 25.8 Å². The van der Waals surface area contributed by atoms with Crippen molar-refractivity contribution in [1.29, 1.82) is 0 Å². The number of carbonyl (C=O) groups is 1. The molecule has 1 aliphatic heterocycles. The second kappa shape index (κ2) is 9.12. The molecular formula is C16H26N4O4S. The van der Waals surface area contributed by atoms with Gasteiger partial charge in [0.15, 0.2) is 0 Å². The number of nitrogens with one attached hydrogen (secondary N) is 2. The van der Waals surface area contributed by atoms with Crippen molar-refractivity contribution in [3.05, 3.63) is 23.9 Å². The zero-order valence-electron chi connectivity index (χ0n) is 14.7. The summed E-state index contributed by atoms with van der Waals surface area (Å²) in [4.78, 5) is 18.7. The maximum Gasteiger partial charge on any atom is 0.238 e. The van der Waals surface area contributed by atoms with Gasteiger partial charge in [0.05, 0.1) is 25.0 Å². The molecule has 1 amide bonds. The van der Waals surface area contributed by atoms with E-state index in [4.69, 9.17) is 4.74 Å². The van der Waals surface area contributed by atoms with Crippen LogP contribution < -0.4 is 14.9 Å². The highest BCUT2D eigenvalue weighted by Gasteiger charge is 2.20. The monoisotopic (exact) mass is 370 g/mol. The van der Waals surface area contributed by atoms with Gasteiger partial charge < -0.3 is 15.0 Å². The molecule has 0 aliphatic carbocycles. The highest BCUT2D eigenvalue weighted by atomic mass is 32.2. The van der Waals surface area contributed by atoms with E-state index in [9.17, 15) is 13.2 Å². The first-order valence-corrected chi connectivity index (χ1v) is 10.1. The van der Waals surface area contributed by atoms with Crippen molar-refractivity contribution < 1.29 is 17.9 Å². The minimum absolute atomic E-state index is 0.00834. The van der Waals surface area contributed by atoms with Gasteiger partial charge in [-0.1, -0.05) is 13.0 Å². The first kappa shape index (κ1) is 19.6. The van der Waals surface area contributed by atoms with E-state index >= 15 is 0 Å². The largest absolute Gasteiger partial charge is 0.378 e. The third-order valence-corrected chi connectivity index (χ3v) is 5.51. The Morgan fingerprint density at radius 1 is 1.40 bits per heavy atom. The fraction of sp³-hybridized carbons (Fsp3) is 0.625. The molecule has 25 heavy (non-hydrogen) atoms. The molecule has 1 fully saturated rings. The number of carbonyl (C=O) groups excluding carboxylic acids is 1. The molecule has 0 spiro atoms. The summed E-state index contributed by atoms with van der Waals surface area (Å²) in [5.41, 5.74) is 0.890. The molecule has 0 saturated carbocycles. The van der Waals surface area contributed by atoms with Crippen molar-refractivity contribution in [3.8, 4) is 0 Å². The average molecular weight is 370 g/mol. The first-order chi connectivity index (χ1) is 11.9. The van der Waals surface area contributed by atoms with E-state index in [1.54, 1.807) is 13.1 Å². The number of hydrogen-bond acceptors (Lipinski definition) is 6. The van der Waals surface area contributed by atoms with Gasteiger partial charge in [-0.15, -0.1) is 0 Å².